The van der Waals surface area contributed by atoms with Crippen LogP contribution in [-0.4, -0.2) is 15.9 Å². The van der Waals surface area contributed by atoms with Gasteiger partial charge in [-0.2, -0.15) is 13.2 Å². The van der Waals surface area contributed by atoms with Gasteiger partial charge >= 0.3 is 6.18 Å². The van der Waals surface area contributed by atoms with Crippen molar-refractivity contribution < 1.29 is 18.0 Å². The lowest BCUT2D eigenvalue weighted by Crippen LogP contribution is -2.29. The molecular formula is C14H13F3N4O2. The summed E-state index contributed by atoms with van der Waals surface area (Å²) in [6.07, 6.45) is -4.42. The first kappa shape index (κ1) is 16.5. The van der Waals surface area contributed by atoms with E-state index in [0.29, 0.717) is 5.56 Å². The number of nitrogens with two attached hydrogens (primary N) is 1. The molecule has 0 aliphatic carbocycles. The highest BCUT2D eigenvalue weighted by Gasteiger charge is 2.30. The van der Waals surface area contributed by atoms with Crippen LogP contribution in [0.4, 0.5) is 19.1 Å². The van der Waals surface area contributed by atoms with Crippen LogP contribution in [0.1, 0.15) is 34.6 Å². The Kier molecular flexibility index (Phi) is 4.39. The number of H-pyrrole nitrogens is 1. The molecule has 6 nitrogen and oxygen atoms in total. The van der Waals surface area contributed by atoms with Crippen molar-refractivity contribution in [3.63, 3.8) is 0 Å². The number of carbonyl (C=O) groups is 1. The minimum atomic E-state index is -4.42. The third-order valence-corrected chi connectivity index (χ3v) is 3.08. The fraction of sp³-hybridized carbons (Fsp3) is 0.214. The maximum atomic E-state index is 12.5. The van der Waals surface area contributed by atoms with E-state index in [2.05, 4.69) is 15.3 Å². The summed E-state index contributed by atoms with van der Waals surface area (Å²) >= 11 is 0. The molecule has 1 atom stereocenters. The SMILES string of the molecule is CC(NC(=O)c1cc(=O)[nH]c(N)n1)c1ccc(C(F)(F)F)cc1. The molecule has 0 aliphatic rings. The fourth-order valence-corrected chi connectivity index (χ4v) is 1.91. The van der Waals surface area contributed by atoms with E-state index in [1.165, 1.54) is 12.1 Å². The van der Waals surface area contributed by atoms with Gasteiger partial charge < -0.3 is 11.1 Å². The van der Waals surface area contributed by atoms with Crippen LogP contribution in [0.5, 0.6) is 0 Å². The van der Waals surface area contributed by atoms with Gasteiger partial charge in [-0.1, -0.05) is 12.1 Å². The number of halogens is 3. The molecule has 0 saturated carbocycles. The number of amides is 1. The van der Waals surface area contributed by atoms with Gasteiger partial charge in [-0.05, 0) is 24.6 Å². The molecule has 9 heteroatoms. The molecule has 1 aromatic heterocycles. The third kappa shape index (κ3) is 4.09. The summed E-state index contributed by atoms with van der Waals surface area (Å²) in [5, 5.41) is 2.53. The summed E-state index contributed by atoms with van der Waals surface area (Å²) in [7, 11) is 0. The molecule has 2 aromatic rings. The molecule has 0 radical (unpaired) electrons. The highest BCUT2D eigenvalue weighted by molar-refractivity contribution is 5.92. The summed E-state index contributed by atoms with van der Waals surface area (Å²) in [6.45, 7) is 1.59. The molecule has 0 aliphatic heterocycles. The van der Waals surface area contributed by atoms with Crippen molar-refractivity contribution in [3.05, 3.63) is 57.5 Å². The number of nitrogens with zero attached hydrogens (tertiary/aromatic N) is 1. The number of hydrogen-bond donors (Lipinski definition) is 3. The van der Waals surface area contributed by atoms with Gasteiger partial charge in [-0.25, -0.2) is 4.98 Å². The summed E-state index contributed by atoms with van der Waals surface area (Å²) in [6, 6.07) is 4.81. The third-order valence-electron chi connectivity index (χ3n) is 3.08. The number of rotatable bonds is 3. The van der Waals surface area contributed by atoms with Crippen LogP contribution in [0.2, 0.25) is 0 Å². The van der Waals surface area contributed by atoms with Crippen molar-refractivity contribution in [2.24, 2.45) is 0 Å². The monoisotopic (exact) mass is 326 g/mol. The van der Waals surface area contributed by atoms with E-state index in [1.807, 2.05) is 0 Å². The second-order valence-corrected chi connectivity index (χ2v) is 4.83. The largest absolute Gasteiger partial charge is 0.416 e. The van der Waals surface area contributed by atoms with Crippen LogP contribution in [0.15, 0.2) is 35.1 Å². The van der Waals surface area contributed by atoms with E-state index in [4.69, 9.17) is 5.73 Å². The molecule has 1 aromatic carbocycles. The number of carbonyl (C=O) groups excluding carboxylic acids is 1. The number of nitrogen functional groups attached to an aromatic ring is 1. The van der Waals surface area contributed by atoms with Gasteiger partial charge in [0.05, 0.1) is 11.6 Å². The Hall–Kier alpha value is -2.84. The zero-order chi connectivity index (χ0) is 17.2. The summed E-state index contributed by atoms with van der Waals surface area (Å²) in [4.78, 5) is 29.1. The first-order valence-corrected chi connectivity index (χ1v) is 6.51. The zero-order valence-corrected chi connectivity index (χ0v) is 11.9. The summed E-state index contributed by atoms with van der Waals surface area (Å²) < 4.78 is 37.5. The molecule has 1 heterocycles. The van der Waals surface area contributed by atoms with Gasteiger partial charge in [0.1, 0.15) is 5.69 Å². The van der Waals surface area contributed by atoms with Crippen molar-refractivity contribution in [2.45, 2.75) is 19.1 Å². The van der Waals surface area contributed by atoms with Gasteiger partial charge in [0.25, 0.3) is 11.5 Å². The molecule has 4 N–H and O–H groups in total. The molecule has 0 saturated heterocycles. The zero-order valence-electron chi connectivity index (χ0n) is 11.9. The Bertz CT molecular complexity index is 769. The number of anilines is 1. The Labute approximate surface area is 128 Å². The molecular weight excluding hydrogens is 313 g/mol. The van der Waals surface area contributed by atoms with Crippen molar-refractivity contribution in [2.75, 3.05) is 5.73 Å². The average Bonchev–Trinajstić information content (AvgIpc) is 2.45. The predicted octanol–water partition coefficient (Wildman–Crippen LogP) is 1.86. The minimum absolute atomic E-state index is 0.176. The van der Waals surface area contributed by atoms with Crippen LogP contribution in [0.3, 0.4) is 0 Å². The Morgan fingerprint density at radius 1 is 1.30 bits per heavy atom. The Balaban J connectivity index is 2.13. The second-order valence-electron chi connectivity index (χ2n) is 4.83. The van der Waals surface area contributed by atoms with Gasteiger partial charge in [-0.15, -0.1) is 0 Å². The fourth-order valence-electron chi connectivity index (χ4n) is 1.91. The molecule has 1 amide bonds. The van der Waals surface area contributed by atoms with E-state index in [9.17, 15) is 22.8 Å². The minimum Gasteiger partial charge on any atom is -0.369 e. The van der Waals surface area contributed by atoms with Gasteiger partial charge in [0.2, 0.25) is 5.95 Å². The van der Waals surface area contributed by atoms with E-state index in [0.717, 1.165) is 18.2 Å². The van der Waals surface area contributed by atoms with E-state index >= 15 is 0 Å². The first-order valence-electron chi connectivity index (χ1n) is 6.51. The molecule has 122 valence electrons. The topological polar surface area (TPSA) is 101 Å². The highest BCUT2D eigenvalue weighted by Crippen LogP contribution is 2.29. The van der Waals surface area contributed by atoms with Crippen molar-refractivity contribution in [3.8, 4) is 0 Å². The van der Waals surface area contributed by atoms with Crippen LogP contribution in [0, 0.1) is 0 Å². The lowest BCUT2D eigenvalue weighted by atomic mass is 10.1. The van der Waals surface area contributed by atoms with Crippen molar-refractivity contribution >= 4 is 11.9 Å². The molecule has 23 heavy (non-hydrogen) atoms. The van der Waals surface area contributed by atoms with Crippen LogP contribution in [-0.2, 0) is 6.18 Å². The lowest BCUT2D eigenvalue weighted by molar-refractivity contribution is -0.137. The standard InChI is InChI=1S/C14H13F3N4O2/c1-7(8-2-4-9(5-3-8)14(15,16)17)19-12(23)10-6-11(22)21-13(18)20-10/h2-7H,1H3,(H,19,23)(H3,18,20,21,22). The number of benzene rings is 1. The lowest BCUT2D eigenvalue weighted by Gasteiger charge is -2.15. The molecule has 0 fully saturated rings. The van der Waals surface area contributed by atoms with Crippen LogP contribution in [0.25, 0.3) is 0 Å². The van der Waals surface area contributed by atoms with Crippen molar-refractivity contribution in [1.82, 2.24) is 15.3 Å². The summed E-state index contributed by atoms with van der Waals surface area (Å²) in [5.41, 5.74) is 4.29. The maximum Gasteiger partial charge on any atom is 0.416 e. The number of nitrogens with one attached hydrogen (secondary N) is 2. The quantitative estimate of drug-likeness (QED) is 0.801. The van der Waals surface area contributed by atoms with Gasteiger partial charge in [0.15, 0.2) is 0 Å². The number of hydrogen-bond acceptors (Lipinski definition) is 4. The average molecular weight is 326 g/mol. The molecule has 2 rings (SSSR count). The van der Waals surface area contributed by atoms with Crippen molar-refractivity contribution in [1.29, 1.82) is 0 Å². The number of alkyl halides is 3. The summed E-state index contributed by atoms with van der Waals surface area (Å²) in [5.74, 6) is -0.861. The number of aromatic nitrogens is 2. The molecule has 1 unspecified atom stereocenters. The maximum absolute atomic E-state index is 12.5. The van der Waals surface area contributed by atoms with E-state index in [1.54, 1.807) is 6.92 Å². The first-order chi connectivity index (χ1) is 10.7. The van der Waals surface area contributed by atoms with Gasteiger partial charge in [0, 0.05) is 6.07 Å². The number of aromatic amines is 1. The molecule has 0 spiro atoms. The predicted molar refractivity (Wildman–Crippen MR) is 76.6 cm³/mol. The smallest absolute Gasteiger partial charge is 0.369 e. The van der Waals surface area contributed by atoms with Crippen LogP contribution >= 0.6 is 0 Å². The Morgan fingerprint density at radius 2 is 1.91 bits per heavy atom. The van der Waals surface area contributed by atoms with Crippen LogP contribution < -0.4 is 16.6 Å². The normalized spacial score (nSPS) is 12.7. The van der Waals surface area contributed by atoms with E-state index in [-0.39, 0.29) is 11.6 Å². The highest BCUT2D eigenvalue weighted by atomic mass is 19.4. The second kappa shape index (κ2) is 6.11. The Morgan fingerprint density at radius 3 is 2.43 bits per heavy atom. The van der Waals surface area contributed by atoms with E-state index < -0.39 is 29.2 Å². The van der Waals surface area contributed by atoms with Gasteiger partial charge in [-0.3, -0.25) is 14.6 Å². The molecule has 0 bridgehead atoms.